The Morgan fingerprint density at radius 2 is 1.95 bits per heavy atom. The van der Waals surface area contributed by atoms with E-state index in [1.807, 2.05) is 0 Å². The molecule has 0 bridgehead atoms. The van der Waals surface area contributed by atoms with Gasteiger partial charge in [-0.15, -0.1) is 6.58 Å². The molecule has 1 aliphatic heterocycles. The van der Waals surface area contributed by atoms with E-state index in [0.29, 0.717) is 22.0 Å². The van der Waals surface area contributed by atoms with Crippen LogP contribution in [-0.4, -0.2) is 56.5 Å². The summed E-state index contributed by atoms with van der Waals surface area (Å²) in [5.41, 5.74) is -0.743. The van der Waals surface area contributed by atoms with Gasteiger partial charge < -0.3 is 15.6 Å². The first-order chi connectivity index (χ1) is 18.5. The number of fused-ring (bicyclic) bond motifs is 1. The number of amides is 1. The molecule has 1 saturated heterocycles. The number of halogens is 4. The maximum Gasteiger partial charge on any atom is 0.430 e. The van der Waals surface area contributed by atoms with Gasteiger partial charge in [-0.05, 0) is 37.1 Å². The molecule has 204 valence electrons. The number of rotatable bonds is 6. The van der Waals surface area contributed by atoms with Crippen LogP contribution in [-0.2, 0) is 6.42 Å². The highest BCUT2D eigenvalue weighted by atomic mass is 19.4. The molecule has 0 spiro atoms. The molecule has 2 unspecified atom stereocenters. The van der Waals surface area contributed by atoms with E-state index >= 15 is 4.39 Å². The highest BCUT2D eigenvalue weighted by Crippen LogP contribution is 2.34. The summed E-state index contributed by atoms with van der Waals surface area (Å²) < 4.78 is 55.6. The summed E-state index contributed by atoms with van der Waals surface area (Å²) >= 11 is 0. The van der Waals surface area contributed by atoms with Crippen LogP contribution in [0.3, 0.4) is 0 Å². The number of benzene rings is 2. The number of aromatic nitrogens is 2. The maximum atomic E-state index is 15.0. The fourth-order valence-corrected chi connectivity index (χ4v) is 4.82. The number of nitrogens with one attached hydrogen (secondary N) is 1. The van der Waals surface area contributed by atoms with Crippen molar-refractivity contribution in [2.24, 2.45) is 10.9 Å². The molecule has 0 radical (unpaired) electrons. The van der Waals surface area contributed by atoms with Gasteiger partial charge in [-0.1, -0.05) is 36.9 Å². The van der Waals surface area contributed by atoms with Crippen LogP contribution in [0.15, 0.2) is 77.3 Å². The number of allylic oxidation sites excluding steroid dienone is 1. The summed E-state index contributed by atoms with van der Waals surface area (Å²) in [4.78, 5) is 27.9. The Morgan fingerprint density at radius 1 is 1.26 bits per heavy atom. The molecular weight excluding hydrogens is 516 g/mol. The molecule has 1 amide bonds. The Labute approximate surface area is 221 Å². The van der Waals surface area contributed by atoms with Crippen LogP contribution in [0.5, 0.6) is 0 Å². The molecule has 2 heterocycles. The van der Waals surface area contributed by atoms with Crippen molar-refractivity contribution in [1.29, 1.82) is 0 Å². The van der Waals surface area contributed by atoms with Crippen LogP contribution in [0.25, 0.3) is 10.8 Å². The molecule has 1 aromatic heterocycles. The highest BCUT2D eigenvalue weighted by Gasteiger charge is 2.46. The van der Waals surface area contributed by atoms with E-state index in [1.54, 1.807) is 24.3 Å². The number of hydrogen-bond acceptors (Lipinski definition) is 5. The average Bonchev–Trinajstić information content (AvgIpc) is 2.90. The minimum absolute atomic E-state index is 0.0186. The first-order valence-electron chi connectivity index (χ1n) is 12.0. The molecule has 12 heteroatoms. The predicted molar refractivity (Wildman–Crippen MR) is 139 cm³/mol. The molecule has 0 aliphatic carbocycles. The van der Waals surface area contributed by atoms with E-state index in [2.05, 4.69) is 28.5 Å². The van der Waals surface area contributed by atoms with Crippen LogP contribution in [0.1, 0.15) is 35.0 Å². The molecule has 4 rings (SSSR count). The van der Waals surface area contributed by atoms with Crippen molar-refractivity contribution in [3.05, 3.63) is 100 Å². The Hall–Kier alpha value is -4.48. The van der Waals surface area contributed by atoms with Gasteiger partial charge in [0.2, 0.25) is 0 Å². The van der Waals surface area contributed by atoms with E-state index in [1.165, 1.54) is 30.0 Å². The lowest BCUT2D eigenvalue weighted by Crippen LogP contribution is -2.63. The van der Waals surface area contributed by atoms with Gasteiger partial charge in [0.1, 0.15) is 11.5 Å². The third-order valence-electron chi connectivity index (χ3n) is 6.63. The van der Waals surface area contributed by atoms with E-state index in [4.69, 9.17) is 5.84 Å². The fraction of sp³-hybridized carbons (Fsp3) is 0.259. The normalized spacial score (nSPS) is 18.9. The number of hydrazone groups is 1. The number of hydrogen-bond donors (Lipinski definition) is 2. The molecule has 1 aliphatic rings. The SMILES string of the molecule is C=CCC1/C(=N/N)N(C(=C)C(F)(F)F)C(C)CN1C(=O)c1cc(Cc2n[nH]c(=O)c3ccccc23)ccc1F. The molecule has 2 atom stereocenters. The Balaban J connectivity index is 1.70. The summed E-state index contributed by atoms with van der Waals surface area (Å²) in [6.07, 6.45) is -3.14. The highest BCUT2D eigenvalue weighted by molar-refractivity contribution is 6.00. The zero-order chi connectivity index (χ0) is 28.5. The zero-order valence-corrected chi connectivity index (χ0v) is 21.0. The van der Waals surface area contributed by atoms with E-state index in [-0.39, 0.29) is 36.3 Å². The number of nitrogens with two attached hydrogens (primary N) is 1. The van der Waals surface area contributed by atoms with Crippen LogP contribution in [0.4, 0.5) is 17.6 Å². The smallest absolute Gasteiger partial charge is 0.326 e. The van der Waals surface area contributed by atoms with Crippen LogP contribution in [0, 0.1) is 5.82 Å². The second-order valence-corrected chi connectivity index (χ2v) is 9.18. The fourth-order valence-electron chi connectivity index (χ4n) is 4.82. The largest absolute Gasteiger partial charge is 0.430 e. The Bertz CT molecular complexity index is 1530. The van der Waals surface area contributed by atoms with Gasteiger partial charge >= 0.3 is 6.18 Å². The third-order valence-corrected chi connectivity index (χ3v) is 6.63. The van der Waals surface area contributed by atoms with Crippen LogP contribution in [0.2, 0.25) is 0 Å². The summed E-state index contributed by atoms with van der Waals surface area (Å²) in [7, 11) is 0. The Morgan fingerprint density at radius 3 is 2.59 bits per heavy atom. The number of piperazine rings is 1. The van der Waals surface area contributed by atoms with Gasteiger partial charge in [-0.2, -0.15) is 23.4 Å². The lowest BCUT2D eigenvalue weighted by Gasteiger charge is -2.47. The molecule has 2 aromatic carbocycles. The summed E-state index contributed by atoms with van der Waals surface area (Å²) in [5, 5.41) is 11.2. The average molecular weight is 543 g/mol. The standard InChI is InChI=1S/C27H26F4N6O2/c1-4-7-23-24(33-32)37(16(3)27(29,30)31)15(2)14-36(23)26(39)20-12-17(10-11-21(20)28)13-22-18-8-5-6-9-19(18)25(38)35-34-22/h4-6,8-12,15,23H,1,3,7,13-14,32H2,2H3,(H,35,38)/b33-24-. The van der Waals surface area contributed by atoms with Crippen LogP contribution >= 0.6 is 0 Å². The maximum absolute atomic E-state index is 15.0. The van der Waals surface area contributed by atoms with Crippen molar-refractivity contribution in [3.8, 4) is 0 Å². The minimum atomic E-state index is -4.75. The number of carbonyl (C=O) groups is 1. The molecule has 8 nitrogen and oxygen atoms in total. The number of alkyl halides is 3. The summed E-state index contributed by atoms with van der Waals surface area (Å²) in [6, 6.07) is 8.94. The van der Waals surface area contributed by atoms with Gasteiger partial charge in [0, 0.05) is 18.4 Å². The second kappa shape index (κ2) is 10.7. The Kier molecular flexibility index (Phi) is 7.57. The number of nitrogens with zero attached hydrogens (tertiary/aromatic N) is 4. The molecule has 3 aromatic rings. The predicted octanol–water partition coefficient (Wildman–Crippen LogP) is 4.09. The first kappa shape index (κ1) is 27.6. The number of H-pyrrole nitrogens is 1. The van der Waals surface area contributed by atoms with Crippen molar-refractivity contribution in [2.45, 2.75) is 38.0 Å². The van der Waals surface area contributed by atoms with E-state index < -0.39 is 35.7 Å². The monoisotopic (exact) mass is 542 g/mol. The molecule has 0 saturated carbocycles. The minimum Gasteiger partial charge on any atom is -0.326 e. The quantitative estimate of drug-likeness (QED) is 0.211. The molecular formula is C27H26F4N6O2. The topological polar surface area (TPSA) is 108 Å². The van der Waals surface area contributed by atoms with Gasteiger partial charge in [-0.3, -0.25) is 9.59 Å². The van der Waals surface area contributed by atoms with Crippen molar-refractivity contribution in [2.75, 3.05) is 6.54 Å². The number of amidine groups is 1. The van der Waals surface area contributed by atoms with Crippen molar-refractivity contribution >= 4 is 22.5 Å². The van der Waals surface area contributed by atoms with Gasteiger partial charge in [0.25, 0.3) is 11.5 Å². The molecule has 39 heavy (non-hydrogen) atoms. The lowest BCUT2D eigenvalue weighted by atomic mass is 9.98. The van der Waals surface area contributed by atoms with Crippen molar-refractivity contribution < 1.29 is 22.4 Å². The first-order valence-corrected chi connectivity index (χ1v) is 12.0. The van der Waals surface area contributed by atoms with Crippen molar-refractivity contribution in [3.63, 3.8) is 0 Å². The molecule has 1 fully saturated rings. The third kappa shape index (κ3) is 5.27. The lowest BCUT2D eigenvalue weighted by molar-refractivity contribution is -0.109. The van der Waals surface area contributed by atoms with Crippen LogP contribution < -0.4 is 11.4 Å². The van der Waals surface area contributed by atoms with E-state index in [0.717, 1.165) is 11.0 Å². The summed E-state index contributed by atoms with van der Waals surface area (Å²) in [6.45, 7) is 8.08. The summed E-state index contributed by atoms with van der Waals surface area (Å²) in [5.74, 6) is 3.73. The number of aromatic amines is 1. The van der Waals surface area contributed by atoms with Gasteiger partial charge in [0.05, 0.1) is 28.7 Å². The van der Waals surface area contributed by atoms with E-state index in [9.17, 15) is 22.8 Å². The second-order valence-electron chi connectivity index (χ2n) is 9.18. The van der Waals surface area contributed by atoms with Crippen molar-refractivity contribution in [1.82, 2.24) is 20.0 Å². The number of carbonyl (C=O) groups excluding carboxylic acids is 1. The molecule has 3 N–H and O–H groups in total. The van der Waals surface area contributed by atoms with Gasteiger partial charge in [0.15, 0.2) is 5.84 Å². The van der Waals surface area contributed by atoms with Gasteiger partial charge in [-0.25, -0.2) is 9.49 Å². The zero-order valence-electron chi connectivity index (χ0n) is 21.0.